The van der Waals surface area contributed by atoms with Crippen molar-refractivity contribution in [1.29, 1.82) is 0 Å². The van der Waals surface area contributed by atoms with Crippen LogP contribution in [0.2, 0.25) is 0 Å². The third kappa shape index (κ3) is 3.32. The van der Waals surface area contributed by atoms with Crippen LogP contribution in [0.25, 0.3) is 0 Å². The van der Waals surface area contributed by atoms with E-state index in [2.05, 4.69) is 9.97 Å². The second kappa shape index (κ2) is 5.40. The lowest BCUT2D eigenvalue weighted by atomic mass is 10.1. The van der Waals surface area contributed by atoms with Crippen LogP contribution in [0.1, 0.15) is 35.6 Å². The van der Waals surface area contributed by atoms with E-state index in [-0.39, 0.29) is 12.5 Å². The maximum atomic E-state index is 13.1. The molecule has 5 heteroatoms. The normalized spacial score (nSPS) is 12.5. The fraction of sp³-hybridized carbons (Fsp3) is 0.286. The van der Waals surface area contributed by atoms with Gasteiger partial charge in [-0.15, -0.1) is 0 Å². The zero-order chi connectivity index (χ0) is 14.0. The van der Waals surface area contributed by atoms with Crippen molar-refractivity contribution in [3.8, 4) is 0 Å². The van der Waals surface area contributed by atoms with E-state index in [1.54, 1.807) is 6.20 Å². The number of nitrogens with zero attached hydrogens (tertiary/aromatic N) is 2. The molecular formula is C14H15F2N3. The predicted molar refractivity (Wildman–Crippen MR) is 68.5 cm³/mol. The average Bonchev–Trinajstić information content (AvgIpc) is 2.26. The van der Waals surface area contributed by atoms with Crippen molar-refractivity contribution in [3.63, 3.8) is 0 Å². The van der Waals surface area contributed by atoms with E-state index in [4.69, 9.17) is 5.73 Å². The van der Waals surface area contributed by atoms with Gasteiger partial charge in [0.2, 0.25) is 0 Å². The zero-order valence-electron chi connectivity index (χ0n) is 10.8. The fourth-order valence-electron chi connectivity index (χ4n) is 1.95. The van der Waals surface area contributed by atoms with Gasteiger partial charge >= 0.3 is 0 Å². The Labute approximate surface area is 110 Å². The Morgan fingerprint density at radius 3 is 2.37 bits per heavy atom. The van der Waals surface area contributed by atoms with Crippen molar-refractivity contribution in [3.05, 3.63) is 58.7 Å². The van der Waals surface area contributed by atoms with Gasteiger partial charge in [-0.3, -0.25) is 0 Å². The number of nitrogens with two attached hydrogens (primary N) is 1. The highest BCUT2D eigenvalue weighted by Gasteiger charge is 2.08. The summed E-state index contributed by atoms with van der Waals surface area (Å²) in [6, 6.07) is 3.26. The summed E-state index contributed by atoms with van der Waals surface area (Å²) in [5.41, 5.74) is 7.94. The summed E-state index contributed by atoms with van der Waals surface area (Å²) in [5, 5.41) is 0. The van der Waals surface area contributed by atoms with Gasteiger partial charge in [0.1, 0.15) is 17.5 Å². The minimum absolute atomic E-state index is 0.138. The molecule has 0 saturated heterocycles. The van der Waals surface area contributed by atoms with E-state index in [9.17, 15) is 8.78 Å². The second-order valence-electron chi connectivity index (χ2n) is 4.57. The van der Waals surface area contributed by atoms with Crippen molar-refractivity contribution in [2.75, 3.05) is 0 Å². The molecule has 1 aromatic carbocycles. The number of rotatable bonds is 3. The second-order valence-corrected chi connectivity index (χ2v) is 4.57. The van der Waals surface area contributed by atoms with Crippen LogP contribution in [0.5, 0.6) is 0 Å². The highest BCUT2D eigenvalue weighted by Crippen LogP contribution is 2.15. The molecule has 0 fully saturated rings. The van der Waals surface area contributed by atoms with E-state index in [1.807, 2.05) is 13.8 Å². The minimum Gasteiger partial charge on any atom is -0.324 e. The molecule has 0 spiro atoms. The highest BCUT2D eigenvalue weighted by molar-refractivity contribution is 5.24. The Kier molecular flexibility index (Phi) is 3.85. The SMILES string of the molecule is Cc1nc(Cc2cc(F)cc(F)c2)ncc1C(C)N. The predicted octanol–water partition coefficient (Wildman–Crippen LogP) is 2.67. The molecule has 0 aliphatic carbocycles. The van der Waals surface area contributed by atoms with E-state index in [0.717, 1.165) is 17.3 Å². The fourth-order valence-corrected chi connectivity index (χ4v) is 1.95. The Hall–Kier alpha value is -1.88. The number of hydrogen-bond donors (Lipinski definition) is 1. The Morgan fingerprint density at radius 1 is 1.21 bits per heavy atom. The number of benzene rings is 1. The van der Waals surface area contributed by atoms with E-state index in [1.165, 1.54) is 12.1 Å². The molecule has 19 heavy (non-hydrogen) atoms. The summed E-state index contributed by atoms with van der Waals surface area (Å²) >= 11 is 0. The summed E-state index contributed by atoms with van der Waals surface area (Å²) < 4.78 is 26.2. The lowest BCUT2D eigenvalue weighted by molar-refractivity contribution is 0.580. The first kappa shape index (κ1) is 13.5. The minimum atomic E-state index is -0.598. The van der Waals surface area contributed by atoms with Crippen LogP contribution in [-0.4, -0.2) is 9.97 Å². The van der Waals surface area contributed by atoms with Crippen molar-refractivity contribution in [1.82, 2.24) is 9.97 Å². The Morgan fingerprint density at radius 2 is 1.84 bits per heavy atom. The van der Waals surface area contributed by atoms with Crippen LogP contribution in [0.4, 0.5) is 8.78 Å². The lowest BCUT2D eigenvalue weighted by Crippen LogP contribution is -2.10. The number of hydrogen-bond acceptors (Lipinski definition) is 3. The molecule has 2 N–H and O–H groups in total. The van der Waals surface area contributed by atoms with Gasteiger partial charge in [-0.2, -0.15) is 0 Å². The molecule has 100 valence electrons. The molecule has 1 atom stereocenters. The van der Waals surface area contributed by atoms with Crippen molar-refractivity contribution >= 4 is 0 Å². The monoisotopic (exact) mass is 263 g/mol. The topological polar surface area (TPSA) is 51.8 Å². The molecule has 0 radical (unpaired) electrons. The average molecular weight is 263 g/mol. The van der Waals surface area contributed by atoms with E-state index >= 15 is 0 Å². The van der Waals surface area contributed by atoms with Gasteiger partial charge < -0.3 is 5.73 Å². The van der Waals surface area contributed by atoms with Gasteiger partial charge in [-0.05, 0) is 31.5 Å². The van der Waals surface area contributed by atoms with Crippen molar-refractivity contribution < 1.29 is 8.78 Å². The largest absolute Gasteiger partial charge is 0.324 e. The lowest BCUT2D eigenvalue weighted by Gasteiger charge is -2.09. The van der Waals surface area contributed by atoms with Crippen LogP contribution >= 0.6 is 0 Å². The maximum absolute atomic E-state index is 13.1. The van der Waals surface area contributed by atoms with Crippen LogP contribution < -0.4 is 5.73 Å². The molecule has 1 unspecified atom stereocenters. The molecule has 0 saturated carbocycles. The summed E-state index contributed by atoms with van der Waals surface area (Å²) in [6.45, 7) is 3.70. The Bertz CT molecular complexity index is 577. The van der Waals surface area contributed by atoms with Gasteiger partial charge in [-0.1, -0.05) is 0 Å². The molecule has 3 nitrogen and oxygen atoms in total. The van der Waals surface area contributed by atoms with Crippen LogP contribution in [0, 0.1) is 18.6 Å². The van der Waals surface area contributed by atoms with Crippen LogP contribution in [0.3, 0.4) is 0 Å². The van der Waals surface area contributed by atoms with Gasteiger partial charge in [0.15, 0.2) is 0 Å². The van der Waals surface area contributed by atoms with Gasteiger partial charge in [0.25, 0.3) is 0 Å². The summed E-state index contributed by atoms with van der Waals surface area (Å²) in [5.74, 6) is -0.676. The molecular weight excluding hydrogens is 248 g/mol. The smallest absolute Gasteiger partial charge is 0.132 e. The number of aryl methyl sites for hydroxylation is 1. The summed E-state index contributed by atoms with van der Waals surface area (Å²) in [4.78, 5) is 8.49. The van der Waals surface area contributed by atoms with Crippen LogP contribution in [-0.2, 0) is 6.42 Å². The molecule has 0 amide bonds. The van der Waals surface area contributed by atoms with E-state index < -0.39 is 11.6 Å². The standard InChI is InChI=1S/C14H15F2N3/c1-8(17)13-7-18-14(19-9(13)2)5-10-3-11(15)6-12(16)4-10/h3-4,6-8H,5,17H2,1-2H3. The summed E-state index contributed by atoms with van der Waals surface area (Å²) in [7, 11) is 0. The molecule has 1 aromatic heterocycles. The van der Waals surface area contributed by atoms with Gasteiger partial charge in [0, 0.05) is 36.0 Å². The molecule has 2 aromatic rings. The molecule has 0 aliphatic heterocycles. The summed E-state index contributed by atoms with van der Waals surface area (Å²) in [6.07, 6.45) is 1.95. The first-order valence-corrected chi connectivity index (χ1v) is 5.98. The molecule has 2 rings (SSSR count). The third-order valence-electron chi connectivity index (χ3n) is 2.84. The Balaban J connectivity index is 2.26. The first-order valence-electron chi connectivity index (χ1n) is 5.98. The highest BCUT2D eigenvalue weighted by atomic mass is 19.1. The molecule has 0 bridgehead atoms. The van der Waals surface area contributed by atoms with E-state index in [0.29, 0.717) is 11.4 Å². The molecule has 0 aliphatic rings. The van der Waals surface area contributed by atoms with Crippen LogP contribution in [0.15, 0.2) is 24.4 Å². The maximum Gasteiger partial charge on any atom is 0.132 e. The van der Waals surface area contributed by atoms with Crippen molar-refractivity contribution in [2.24, 2.45) is 5.73 Å². The zero-order valence-corrected chi connectivity index (χ0v) is 10.8. The number of aromatic nitrogens is 2. The third-order valence-corrected chi connectivity index (χ3v) is 2.84. The number of halogens is 2. The van der Waals surface area contributed by atoms with Gasteiger partial charge in [0.05, 0.1) is 0 Å². The molecule has 1 heterocycles. The van der Waals surface area contributed by atoms with Crippen molar-refractivity contribution in [2.45, 2.75) is 26.3 Å². The first-order chi connectivity index (χ1) is 8.95. The van der Waals surface area contributed by atoms with Gasteiger partial charge in [-0.25, -0.2) is 18.7 Å². The quantitative estimate of drug-likeness (QED) is 0.926.